The van der Waals surface area contributed by atoms with Crippen LogP contribution >= 0.6 is 0 Å². The van der Waals surface area contributed by atoms with E-state index in [-0.39, 0.29) is 11.4 Å². The summed E-state index contributed by atoms with van der Waals surface area (Å²) in [7, 11) is 0. The molecule has 3 rings (SSSR count). The van der Waals surface area contributed by atoms with Crippen LogP contribution in [0.5, 0.6) is 0 Å². The number of rotatable bonds is 5. The van der Waals surface area contributed by atoms with Gasteiger partial charge < -0.3 is 15.0 Å². The van der Waals surface area contributed by atoms with Crippen molar-refractivity contribution in [2.45, 2.75) is 6.92 Å². The van der Waals surface area contributed by atoms with Crippen molar-refractivity contribution in [3.8, 4) is 0 Å². The molecule has 0 bridgehead atoms. The number of nitro benzene ring substituents is 1. The number of aromatic nitrogens is 1. The number of hydrogen-bond acceptors (Lipinski definition) is 5. The van der Waals surface area contributed by atoms with E-state index in [1.165, 1.54) is 18.2 Å². The van der Waals surface area contributed by atoms with Gasteiger partial charge in [-0.3, -0.25) is 14.9 Å². The number of aromatic amines is 1. The highest BCUT2D eigenvalue weighted by Crippen LogP contribution is 2.21. The number of fused-ring (bicyclic) bond motifs is 1. The number of hydrogen-bond donors (Lipinski definition) is 2. The summed E-state index contributed by atoms with van der Waals surface area (Å²) in [5.41, 5.74) is 1.94. The van der Waals surface area contributed by atoms with Gasteiger partial charge in [-0.1, -0.05) is 18.2 Å². The van der Waals surface area contributed by atoms with E-state index in [2.05, 4.69) is 10.3 Å². The highest BCUT2D eigenvalue weighted by atomic mass is 16.6. The van der Waals surface area contributed by atoms with Gasteiger partial charge >= 0.3 is 5.97 Å². The predicted octanol–water partition coefficient (Wildman–Crippen LogP) is 3.18. The summed E-state index contributed by atoms with van der Waals surface area (Å²) in [4.78, 5) is 37.1. The zero-order chi connectivity index (χ0) is 18.7. The fourth-order valence-corrected chi connectivity index (χ4v) is 2.48. The van der Waals surface area contributed by atoms with E-state index >= 15 is 0 Å². The van der Waals surface area contributed by atoms with Crippen LogP contribution < -0.4 is 5.32 Å². The molecule has 1 aromatic heterocycles. The molecule has 1 heterocycles. The van der Waals surface area contributed by atoms with E-state index in [9.17, 15) is 19.7 Å². The molecule has 1 amide bonds. The Kier molecular flexibility index (Phi) is 4.66. The molecule has 0 radical (unpaired) electrons. The number of carbonyl (C=O) groups excluding carboxylic acids is 2. The number of H-pyrrole nitrogens is 1. The van der Waals surface area contributed by atoms with Crippen LogP contribution in [0.25, 0.3) is 10.9 Å². The van der Waals surface area contributed by atoms with Crippen LogP contribution in [0.4, 0.5) is 11.4 Å². The van der Waals surface area contributed by atoms with E-state index in [0.717, 1.165) is 10.9 Å². The van der Waals surface area contributed by atoms with Crippen molar-refractivity contribution in [1.29, 1.82) is 0 Å². The van der Waals surface area contributed by atoms with Crippen LogP contribution in [0.15, 0.2) is 48.5 Å². The number of nitro groups is 1. The first-order valence-corrected chi connectivity index (χ1v) is 7.74. The summed E-state index contributed by atoms with van der Waals surface area (Å²) >= 11 is 0. The van der Waals surface area contributed by atoms with Gasteiger partial charge in [0.25, 0.3) is 11.6 Å². The average molecular weight is 353 g/mol. The normalized spacial score (nSPS) is 10.5. The Hall–Kier alpha value is -3.68. The number of non-ortho nitro benzene ring substituents is 1. The summed E-state index contributed by atoms with van der Waals surface area (Å²) in [5, 5.41) is 14.1. The van der Waals surface area contributed by atoms with Gasteiger partial charge in [0.05, 0.1) is 4.92 Å². The maximum atomic E-state index is 12.0. The number of ether oxygens (including phenoxy) is 1. The molecule has 26 heavy (non-hydrogen) atoms. The van der Waals surface area contributed by atoms with Crippen molar-refractivity contribution in [3.05, 3.63) is 69.9 Å². The Bertz CT molecular complexity index is 976. The first-order valence-electron chi connectivity index (χ1n) is 7.74. The molecular formula is C18H15N3O5. The van der Waals surface area contributed by atoms with Gasteiger partial charge in [-0.25, -0.2) is 4.79 Å². The number of esters is 1. The Morgan fingerprint density at radius 2 is 1.96 bits per heavy atom. The van der Waals surface area contributed by atoms with Crippen molar-refractivity contribution in [1.82, 2.24) is 4.98 Å². The average Bonchev–Trinajstić information content (AvgIpc) is 3.05. The lowest BCUT2D eigenvalue weighted by molar-refractivity contribution is -0.384. The summed E-state index contributed by atoms with van der Waals surface area (Å²) in [6, 6.07) is 13.1. The summed E-state index contributed by atoms with van der Waals surface area (Å²) in [5.74, 6) is -1.18. The van der Waals surface area contributed by atoms with Crippen LogP contribution in [0, 0.1) is 17.0 Å². The summed E-state index contributed by atoms with van der Waals surface area (Å²) in [6.45, 7) is 1.17. The van der Waals surface area contributed by atoms with Gasteiger partial charge in [0.2, 0.25) is 0 Å². The minimum absolute atomic E-state index is 0.0641. The maximum Gasteiger partial charge on any atom is 0.355 e. The van der Waals surface area contributed by atoms with Crippen molar-refractivity contribution >= 4 is 34.2 Å². The minimum atomic E-state index is -0.642. The molecule has 0 saturated heterocycles. The second kappa shape index (κ2) is 7.06. The van der Waals surface area contributed by atoms with E-state index in [4.69, 9.17) is 4.74 Å². The Morgan fingerprint density at radius 3 is 2.65 bits per heavy atom. The Labute approximate surface area is 147 Å². The lowest BCUT2D eigenvalue weighted by Gasteiger charge is -2.08. The molecular weight excluding hydrogens is 338 g/mol. The van der Waals surface area contributed by atoms with Crippen LogP contribution in [0.3, 0.4) is 0 Å². The highest BCUT2D eigenvalue weighted by Gasteiger charge is 2.14. The first-order chi connectivity index (χ1) is 12.4. The third kappa shape index (κ3) is 3.69. The topological polar surface area (TPSA) is 114 Å². The number of nitrogens with zero attached hydrogens (tertiary/aromatic N) is 1. The lowest BCUT2D eigenvalue weighted by atomic mass is 10.2. The van der Waals surface area contributed by atoms with E-state index in [0.29, 0.717) is 11.3 Å². The number of aryl methyl sites for hydroxylation is 1. The zero-order valence-corrected chi connectivity index (χ0v) is 13.8. The number of nitrogens with one attached hydrogen (secondary N) is 2. The third-order valence-corrected chi connectivity index (χ3v) is 3.78. The second-order valence-electron chi connectivity index (χ2n) is 5.65. The number of amides is 1. The van der Waals surface area contributed by atoms with Crippen molar-refractivity contribution < 1.29 is 19.2 Å². The molecule has 0 unspecified atom stereocenters. The van der Waals surface area contributed by atoms with Gasteiger partial charge in [0.1, 0.15) is 5.69 Å². The minimum Gasteiger partial charge on any atom is -0.451 e. The number of benzene rings is 2. The van der Waals surface area contributed by atoms with E-state index in [1.807, 2.05) is 24.3 Å². The van der Waals surface area contributed by atoms with Gasteiger partial charge in [-0.15, -0.1) is 0 Å². The van der Waals surface area contributed by atoms with Crippen LogP contribution in [0.2, 0.25) is 0 Å². The molecule has 2 aromatic carbocycles. The van der Waals surface area contributed by atoms with Crippen molar-refractivity contribution in [3.63, 3.8) is 0 Å². The molecule has 0 aliphatic rings. The molecule has 0 aliphatic heterocycles. The monoisotopic (exact) mass is 353 g/mol. The largest absolute Gasteiger partial charge is 0.451 e. The van der Waals surface area contributed by atoms with Gasteiger partial charge in [0.15, 0.2) is 6.61 Å². The maximum absolute atomic E-state index is 12.0. The molecule has 0 saturated carbocycles. The van der Waals surface area contributed by atoms with Gasteiger partial charge in [-0.2, -0.15) is 0 Å². The molecule has 0 atom stereocenters. The number of para-hydroxylation sites is 1. The quantitative estimate of drug-likeness (QED) is 0.415. The van der Waals surface area contributed by atoms with E-state index < -0.39 is 23.4 Å². The first kappa shape index (κ1) is 17.2. The number of carbonyl (C=O) groups is 2. The molecule has 0 aliphatic carbocycles. The predicted molar refractivity (Wildman–Crippen MR) is 95.0 cm³/mol. The second-order valence-corrected chi connectivity index (χ2v) is 5.65. The van der Waals surface area contributed by atoms with E-state index in [1.54, 1.807) is 13.0 Å². The van der Waals surface area contributed by atoms with Crippen molar-refractivity contribution in [2.24, 2.45) is 0 Å². The summed E-state index contributed by atoms with van der Waals surface area (Å²) in [6.07, 6.45) is 0. The fourth-order valence-electron chi connectivity index (χ4n) is 2.48. The molecule has 3 aromatic rings. The zero-order valence-electron chi connectivity index (χ0n) is 13.8. The Morgan fingerprint density at radius 1 is 1.19 bits per heavy atom. The molecule has 132 valence electrons. The van der Waals surface area contributed by atoms with Crippen LogP contribution in [-0.2, 0) is 9.53 Å². The third-order valence-electron chi connectivity index (χ3n) is 3.78. The standard InChI is InChI=1S/C18H15N3O5/c1-11-8-13(21(24)25)6-7-14(11)20-17(22)10-26-18(23)16-9-12-4-2-3-5-15(12)19-16/h2-9,19H,10H2,1H3,(H,20,22). The number of anilines is 1. The van der Waals surface area contributed by atoms with Gasteiger partial charge in [0, 0.05) is 28.7 Å². The SMILES string of the molecule is Cc1cc([N+](=O)[O-])ccc1NC(=O)COC(=O)c1cc2ccccc2[nH]1. The molecule has 0 fully saturated rings. The van der Waals surface area contributed by atoms with Crippen LogP contribution in [0.1, 0.15) is 16.1 Å². The van der Waals surface area contributed by atoms with Gasteiger partial charge in [-0.05, 0) is 30.7 Å². The molecule has 8 heteroatoms. The molecule has 0 spiro atoms. The summed E-state index contributed by atoms with van der Waals surface area (Å²) < 4.78 is 5.00. The smallest absolute Gasteiger partial charge is 0.355 e. The van der Waals surface area contributed by atoms with Crippen molar-refractivity contribution in [2.75, 3.05) is 11.9 Å². The van der Waals surface area contributed by atoms with Crippen LogP contribution in [-0.4, -0.2) is 28.4 Å². The Balaban J connectivity index is 1.60. The fraction of sp³-hybridized carbons (Fsp3) is 0.111. The molecule has 8 nitrogen and oxygen atoms in total. The highest BCUT2D eigenvalue weighted by molar-refractivity contribution is 5.97. The lowest BCUT2D eigenvalue weighted by Crippen LogP contribution is -2.21. The molecule has 2 N–H and O–H groups in total.